The van der Waals surface area contributed by atoms with Gasteiger partial charge in [-0.1, -0.05) is 41.9 Å². The third-order valence-corrected chi connectivity index (χ3v) is 4.76. The van der Waals surface area contributed by atoms with Crippen LogP contribution in [0.25, 0.3) is 0 Å². The molecule has 1 heterocycles. The summed E-state index contributed by atoms with van der Waals surface area (Å²) in [6.07, 6.45) is 0.997. The van der Waals surface area contributed by atoms with E-state index in [1.807, 2.05) is 0 Å². The van der Waals surface area contributed by atoms with Crippen molar-refractivity contribution in [1.82, 2.24) is 10.3 Å². The third-order valence-electron chi connectivity index (χ3n) is 3.41. The number of benzene rings is 1. The number of hydrogen-bond acceptors (Lipinski definition) is 3. The smallest absolute Gasteiger partial charge is 0.0897 e. The summed E-state index contributed by atoms with van der Waals surface area (Å²) in [5.41, 5.74) is 2.58. The van der Waals surface area contributed by atoms with E-state index in [-0.39, 0.29) is 0 Å². The van der Waals surface area contributed by atoms with E-state index in [1.54, 1.807) is 11.3 Å². The molecule has 0 radical (unpaired) electrons. The van der Waals surface area contributed by atoms with Crippen LogP contribution in [0.5, 0.6) is 0 Å². The minimum atomic E-state index is 0.471. The lowest BCUT2D eigenvalue weighted by molar-refractivity contribution is 0.512. The molecule has 1 unspecified atom stereocenters. The van der Waals surface area contributed by atoms with Crippen LogP contribution in [0, 0.1) is 12.8 Å². The Morgan fingerprint density at radius 1 is 1.19 bits per heavy atom. The highest BCUT2D eigenvalue weighted by Crippen LogP contribution is 2.23. The van der Waals surface area contributed by atoms with E-state index in [4.69, 9.17) is 0 Å². The van der Waals surface area contributed by atoms with Crippen LogP contribution in [0.3, 0.4) is 0 Å². The molecule has 21 heavy (non-hydrogen) atoms. The van der Waals surface area contributed by atoms with Crippen molar-refractivity contribution in [3.05, 3.63) is 50.4 Å². The average Bonchev–Trinajstić information content (AvgIpc) is 2.84. The number of nitrogens with zero attached hydrogens (tertiary/aromatic N) is 1. The fourth-order valence-corrected chi connectivity index (χ4v) is 3.23. The molecule has 0 aliphatic heterocycles. The summed E-state index contributed by atoms with van der Waals surface area (Å²) in [5, 5.41) is 6.92. The van der Waals surface area contributed by atoms with Crippen molar-refractivity contribution in [3.63, 3.8) is 0 Å². The first-order valence-corrected chi connectivity index (χ1v) is 9.09. The Kier molecular flexibility index (Phi) is 6.40. The molecule has 0 amide bonds. The number of rotatable bonds is 7. The highest BCUT2D eigenvalue weighted by molar-refractivity contribution is 9.10. The summed E-state index contributed by atoms with van der Waals surface area (Å²) < 4.78 is 1.13. The zero-order chi connectivity index (χ0) is 15.2. The second kappa shape index (κ2) is 8.06. The molecule has 2 aromatic rings. The van der Waals surface area contributed by atoms with Gasteiger partial charge in [-0.15, -0.1) is 11.3 Å². The molecular weight excluding hydrogens is 344 g/mol. The first kappa shape index (κ1) is 16.7. The van der Waals surface area contributed by atoms with Crippen LogP contribution in [-0.4, -0.2) is 18.1 Å². The number of halogens is 1. The zero-order valence-corrected chi connectivity index (χ0v) is 15.3. The van der Waals surface area contributed by atoms with Gasteiger partial charge in [0, 0.05) is 22.3 Å². The fraction of sp³-hybridized carbons (Fsp3) is 0.471. The number of aryl methyl sites for hydroxylation is 1. The Bertz CT molecular complexity index is 548. The summed E-state index contributed by atoms with van der Waals surface area (Å²) in [6, 6.07) is 8.67. The van der Waals surface area contributed by atoms with Crippen LogP contribution in [0.1, 0.15) is 36.0 Å². The molecule has 0 spiro atoms. The number of hydrogen-bond donors (Lipinski definition) is 1. The summed E-state index contributed by atoms with van der Waals surface area (Å²) in [7, 11) is 0. The molecule has 114 valence electrons. The standard InChI is InChI=1S/C17H23BrN2S/c1-12(2)9-19-10-15(8-17-11-21-13(3)20-17)14-4-6-16(18)7-5-14/h4-7,11-12,15,19H,8-10H2,1-3H3. The van der Waals surface area contributed by atoms with Gasteiger partial charge < -0.3 is 5.32 Å². The van der Waals surface area contributed by atoms with Gasteiger partial charge >= 0.3 is 0 Å². The van der Waals surface area contributed by atoms with Gasteiger partial charge in [0.15, 0.2) is 0 Å². The maximum absolute atomic E-state index is 4.62. The topological polar surface area (TPSA) is 24.9 Å². The Labute approximate surface area is 140 Å². The van der Waals surface area contributed by atoms with Crippen molar-refractivity contribution in [3.8, 4) is 0 Å². The molecule has 0 bridgehead atoms. The van der Waals surface area contributed by atoms with E-state index in [0.717, 1.165) is 29.0 Å². The molecule has 0 saturated heterocycles. The number of aromatic nitrogens is 1. The maximum atomic E-state index is 4.62. The van der Waals surface area contributed by atoms with Crippen LogP contribution in [0.2, 0.25) is 0 Å². The van der Waals surface area contributed by atoms with E-state index in [9.17, 15) is 0 Å². The Hall–Kier alpha value is -0.710. The van der Waals surface area contributed by atoms with Gasteiger partial charge in [-0.2, -0.15) is 0 Å². The van der Waals surface area contributed by atoms with E-state index in [2.05, 4.69) is 76.6 Å². The van der Waals surface area contributed by atoms with Crippen molar-refractivity contribution >= 4 is 27.3 Å². The lowest BCUT2D eigenvalue weighted by atomic mass is 9.94. The van der Waals surface area contributed by atoms with Gasteiger partial charge in [0.2, 0.25) is 0 Å². The summed E-state index contributed by atoms with van der Waals surface area (Å²) in [4.78, 5) is 4.62. The van der Waals surface area contributed by atoms with Crippen LogP contribution >= 0.6 is 27.3 Å². The molecule has 2 rings (SSSR count). The summed E-state index contributed by atoms with van der Waals surface area (Å²) in [6.45, 7) is 8.61. The fourth-order valence-electron chi connectivity index (χ4n) is 2.34. The first-order chi connectivity index (χ1) is 10.0. The SMILES string of the molecule is Cc1nc(CC(CNCC(C)C)c2ccc(Br)cc2)cs1. The molecule has 4 heteroatoms. The zero-order valence-electron chi connectivity index (χ0n) is 12.9. The van der Waals surface area contributed by atoms with E-state index < -0.39 is 0 Å². The van der Waals surface area contributed by atoms with Crippen molar-refractivity contribution in [2.24, 2.45) is 5.92 Å². The van der Waals surface area contributed by atoms with Crippen LogP contribution in [0.15, 0.2) is 34.1 Å². The Balaban J connectivity index is 2.07. The first-order valence-electron chi connectivity index (χ1n) is 7.41. The molecule has 1 aromatic carbocycles. The van der Waals surface area contributed by atoms with E-state index >= 15 is 0 Å². The molecule has 1 atom stereocenters. The normalized spacial score (nSPS) is 12.8. The van der Waals surface area contributed by atoms with Crippen LogP contribution in [0.4, 0.5) is 0 Å². The van der Waals surface area contributed by atoms with E-state index in [1.165, 1.54) is 11.3 Å². The molecular formula is C17H23BrN2S. The molecule has 0 aliphatic carbocycles. The predicted molar refractivity (Wildman–Crippen MR) is 95.1 cm³/mol. The lowest BCUT2D eigenvalue weighted by Gasteiger charge is -2.18. The van der Waals surface area contributed by atoms with Gasteiger partial charge in [0.1, 0.15) is 0 Å². The third kappa shape index (κ3) is 5.53. The highest BCUT2D eigenvalue weighted by atomic mass is 79.9. The molecule has 1 aromatic heterocycles. The van der Waals surface area contributed by atoms with Gasteiger partial charge in [0.05, 0.1) is 10.7 Å². The minimum absolute atomic E-state index is 0.471. The van der Waals surface area contributed by atoms with Crippen LogP contribution < -0.4 is 5.32 Å². The van der Waals surface area contributed by atoms with Gasteiger partial charge in [-0.3, -0.25) is 0 Å². The minimum Gasteiger partial charge on any atom is -0.316 e. The molecule has 0 saturated carbocycles. The maximum Gasteiger partial charge on any atom is 0.0897 e. The second-order valence-electron chi connectivity index (χ2n) is 5.86. The number of thiazole rings is 1. The van der Waals surface area contributed by atoms with E-state index in [0.29, 0.717) is 11.8 Å². The van der Waals surface area contributed by atoms with Gasteiger partial charge in [-0.05, 0) is 43.5 Å². The highest BCUT2D eigenvalue weighted by Gasteiger charge is 2.14. The second-order valence-corrected chi connectivity index (χ2v) is 7.84. The Morgan fingerprint density at radius 3 is 2.48 bits per heavy atom. The Morgan fingerprint density at radius 2 is 1.90 bits per heavy atom. The molecule has 2 nitrogen and oxygen atoms in total. The van der Waals surface area contributed by atoms with Crippen molar-refractivity contribution in [1.29, 1.82) is 0 Å². The van der Waals surface area contributed by atoms with Crippen molar-refractivity contribution in [2.45, 2.75) is 33.1 Å². The predicted octanol–water partition coefficient (Wildman–Crippen LogP) is 4.79. The van der Waals surface area contributed by atoms with Gasteiger partial charge in [0.25, 0.3) is 0 Å². The number of nitrogens with one attached hydrogen (secondary N) is 1. The summed E-state index contributed by atoms with van der Waals surface area (Å²) in [5.74, 6) is 1.15. The lowest BCUT2D eigenvalue weighted by Crippen LogP contribution is -2.26. The average molecular weight is 367 g/mol. The molecule has 0 aliphatic rings. The summed E-state index contributed by atoms with van der Waals surface area (Å²) >= 11 is 5.24. The molecule has 1 N–H and O–H groups in total. The largest absolute Gasteiger partial charge is 0.316 e. The van der Waals surface area contributed by atoms with Crippen LogP contribution in [-0.2, 0) is 6.42 Å². The monoisotopic (exact) mass is 366 g/mol. The van der Waals surface area contributed by atoms with Crippen molar-refractivity contribution < 1.29 is 0 Å². The quantitative estimate of drug-likeness (QED) is 0.761. The van der Waals surface area contributed by atoms with Gasteiger partial charge in [-0.25, -0.2) is 4.98 Å². The van der Waals surface area contributed by atoms with Crippen molar-refractivity contribution in [2.75, 3.05) is 13.1 Å². The molecule has 0 fully saturated rings.